The van der Waals surface area contributed by atoms with E-state index in [2.05, 4.69) is 19.2 Å². The summed E-state index contributed by atoms with van der Waals surface area (Å²) in [5.41, 5.74) is 0.405. The van der Waals surface area contributed by atoms with Gasteiger partial charge in [0.2, 0.25) is 0 Å². The highest BCUT2D eigenvalue weighted by atomic mass is 19.4. The van der Waals surface area contributed by atoms with E-state index in [1.54, 1.807) is 13.0 Å². The van der Waals surface area contributed by atoms with E-state index in [-0.39, 0.29) is 40.5 Å². The fraction of sp³-hybridized carbons (Fsp3) is 0.270. The fourth-order valence-corrected chi connectivity index (χ4v) is 5.60. The molecule has 1 amide bonds. The summed E-state index contributed by atoms with van der Waals surface area (Å²) in [5.74, 6) is -1.64. The van der Waals surface area contributed by atoms with Crippen LogP contribution in [0.2, 0.25) is 0 Å². The number of aromatic hydroxyl groups is 1. The van der Waals surface area contributed by atoms with Crippen LogP contribution in [-0.2, 0) is 12.8 Å². The Morgan fingerprint density at radius 2 is 1.65 bits per heavy atom. The highest BCUT2D eigenvalue weighted by Gasteiger charge is 2.41. The molecule has 1 aliphatic heterocycles. The van der Waals surface area contributed by atoms with Gasteiger partial charge in [0, 0.05) is 17.3 Å². The second kappa shape index (κ2) is 12.9. The largest absolute Gasteiger partial charge is 0.506 e. The van der Waals surface area contributed by atoms with Crippen LogP contribution >= 0.6 is 0 Å². The number of halogens is 4. The Bertz CT molecular complexity index is 1770. The molecular weight excluding hydrogens is 596 g/mol. The zero-order valence-electron chi connectivity index (χ0n) is 26.1. The summed E-state index contributed by atoms with van der Waals surface area (Å²) in [7, 11) is 0. The van der Waals surface area contributed by atoms with Crippen molar-refractivity contribution in [1.29, 1.82) is 0 Å². The predicted octanol–water partition coefficient (Wildman–Crippen LogP) is 10.0. The molecule has 0 spiro atoms. The maximum Gasteiger partial charge on any atom is 0.417 e. The summed E-state index contributed by atoms with van der Waals surface area (Å²) < 4.78 is 64.7. The summed E-state index contributed by atoms with van der Waals surface area (Å²) in [6, 6.07) is 21.5. The topological polar surface area (TPSA) is 61.8 Å². The molecule has 5 rings (SSSR count). The third-order valence-corrected chi connectivity index (χ3v) is 8.51. The quantitative estimate of drug-likeness (QED) is 0.150. The molecule has 0 fully saturated rings. The lowest BCUT2D eigenvalue weighted by Gasteiger charge is -2.34. The number of carbonyl (C=O) groups is 1. The Balaban J connectivity index is 1.71. The number of allylic oxidation sites excluding steroid dienone is 1. The molecule has 0 bridgehead atoms. The third kappa shape index (κ3) is 6.73. The van der Waals surface area contributed by atoms with Crippen molar-refractivity contribution in [2.24, 2.45) is 5.41 Å². The van der Waals surface area contributed by atoms with E-state index in [1.807, 2.05) is 37.3 Å². The number of rotatable bonds is 8. The van der Waals surface area contributed by atoms with E-state index in [0.29, 0.717) is 17.7 Å². The van der Waals surface area contributed by atoms with Gasteiger partial charge in [-0.2, -0.15) is 13.2 Å². The third-order valence-electron chi connectivity index (χ3n) is 8.51. The van der Waals surface area contributed by atoms with Crippen LogP contribution in [0.3, 0.4) is 0 Å². The van der Waals surface area contributed by atoms with E-state index in [1.165, 1.54) is 42.5 Å². The molecule has 0 radical (unpaired) electrons. The van der Waals surface area contributed by atoms with Crippen LogP contribution in [0, 0.1) is 11.2 Å². The molecular formula is C37H36F4N2O3. The predicted molar refractivity (Wildman–Crippen MR) is 171 cm³/mol. The monoisotopic (exact) mass is 632 g/mol. The summed E-state index contributed by atoms with van der Waals surface area (Å²) in [6.07, 6.45) is -3.58. The number of ether oxygens (including phenoxy) is 1. The standard InChI is InChI=1S/C37H36F4N2O3/c1-5-36(3,4)21-30-23(2)34(27-19-18-25(20-29(27)38)46-22-24-12-7-6-8-13-24)43(31-16-11-17-32(44)33(31)42-30)35(45)26-14-9-10-15-28(26)37(39,40)41/h6-20,34,42,44H,5,21-22H2,1-4H3. The number of hydrogen-bond donors (Lipinski definition) is 2. The van der Waals surface area contributed by atoms with Crippen molar-refractivity contribution in [3.8, 4) is 11.5 Å². The molecule has 0 saturated carbocycles. The lowest BCUT2D eigenvalue weighted by Crippen LogP contribution is -2.37. The second-order valence-corrected chi connectivity index (χ2v) is 12.2. The average Bonchev–Trinajstić information content (AvgIpc) is 3.14. The van der Waals surface area contributed by atoms with E-state index >= 15 is 4.39 Å². The van der Waals surface area contributed by atoms with Crippen LogP contribution in [0.1, 0.15) is 73.6 Å². The van der Waals surface area contributed by atoms with Gasteiger partial charge in [-0.05, 0) is 66.3 Å². The van der Waals surface area contributed by atoms with Gasteiger partial charge >= 0.3 is 6.18 Å². The summed E-state index contributed by atoms with van der Waals surface area (Å²) >= 11 is 0. The van der Waals surface area contributed by atoms with Crippen molar-refractivity contribution in [3.05, 3.63) is 130 Å². The Morgan fingerprint density at radius 3 is 2.33 bits per heavy atom. The molecule has 4 aromatic rings. The highest BCUT2D eigenvalue weighted by Crippen LogP contribution is 2.48. The molecule has 1 heterocycles. The molecule has 1 atom stereocenters. The molecule has 46 heavy (non-hydrogen) atoms. The number of benzene rings is 4. The lowest BCUT2D eigenvalue weighted by molar-refractivity contribution is -0.137. The number of hydrogen-bond acceptors (Lipinski definition) is 4. The Morgan fingerprint density at radius 1 is 0.957 bits per heavy atom. The normalized spacial score (nSPS) is 15.2. The van der Waals surface area contributed by atoms with Crippen LogP contribution < -0.4 is 15.0 Å². The number of para-hydroxylation sites is 1. The molecule has 0 saturated heterocycles. The van der Waals surface area contributed by atoms with Crippen molar-refractivity contribution in [1.82, 2.24) is 0 Å². The van der Waals surface area contributed by atoms with Gasteiger partial charge in [0.15, 0.2) is 0 Å². The SMILES string of the molecule is CCC(C)(C)CC1=C(C)C(c2ccc(OCc3ccccc3)cc2F)N(C(=O)c2ccccc2C(F)(F)F)c2cccc(O)c2N1. The van der Waals surface area contributed by atoms with Crippen LogP contribution in [0.15, 0.2) is 102 Å². The first-order valence-electron chi connectivity index (χ1n) is 15.1. The van der Waals surface area contributed by atoms with Crippen LogP contribution in [0.25, 0.3) is 0 Å². The van der Waals surface area contributed by atoms with Crippen LogP contribution in [-0.4, -0.2) is 11.0 Å². The number of nitrogens with one attached hydrogen (secondary N) is 1. The van der Waals surface area contributed by atoms with Gasteiger partial charge in [0.25, 0.3) is 5.91 Å². The van der Waals surface area contributed by atoms with Gasteiger partial charge in [-0.15, -0.1) is 0 Å². The minimum Gasteiger partial charge on any atom is -0.506 e. The first-order chi connectivity index (χ1) is 21.8. The van der Waals surface area contributed by atoms with E-state index in [9.17, 15) is 23.1 Å². The number of anilines is 2. The fourth-order valence-electron chi connectivity index (χ4n) is 5.60. The molecule has 1 unspecified atom stereocenters. The molecule has 240 valence electrons. The molecule has 5 nitrogen and oxygen atoms in total. The van der Waals surface area contributed by atoms with Crippen molar-refractivity contribution in [2.75, 3.05) is 10.2 Å². The number of nitrogens with zero attached hydrogens (tertiary/aromatic N) is 1. The van der Waals surface area contributed by atoms with Gasteiger partial charge in [-0.25, -0.2) is 4.39 Å². The average molecular weight is 633 g/mol. The first-order valence-corrected chi connectivity index (χ1v) is 15.1. The number of amides is 1. The summed E-state index contributed by atoms with van der Waals surface area (Å²) in [6.45, 7) is 8.09. The molecule has 0 aliphatic carbocycles. The number of phenolic OH excluding ortho intramolecular Hbond substituents is 1. The number of carbonyl (C=O) groups excluding carboxylic acids is 1. The Kier molecular flexibility index (Phi) is 9.15. The van der Waals surface area contributed by atoms with E-state index in [0.717, 1.165) is 29.0 Å². The van der Waals surface area contributed by atoms with E-state index < -0.39 is 35.1 Å². The molecule has 0 aromatic heterocycles. The minimum atomic E-state index is -4.82. The van der Waals surface area contributed by atoms with Crippen molar-refractivity contribution < 1.29 is 32.2 Å². The van der Waals surface area contributed by atoms with Crippen molar-refractivity contribution in [3.63, 3.8) is 0 Å². The minimum absolute atomic E-state index is 0.0622. The number of phenols is 1. The number of fused-ring (bicyclic) bond motifs is 1. The van der Waals surface area contributed by atoms with Crippen molar-refractivity contribution >= 4 is 17.3 Å². The van der Waals surface area contributed by atoms with Crippen LogP contribution in [0.4, 0.5) is 28.9 Å². The zero-order valence-corrected chi connectivity index (χ0v) is 26.1. The van der Waals surface area contributed by atoms with Gasteiger partial charge in [-0.1, -0.05) is 75.7 Å². The molecule has 4 aromatic carbocycles. The van der Waals surface area contributed by atoms with Gasteiger partial charge in [-0.3, -0.25) is 9.69 Å². The zero-order chi connectivity index (χ0) is 33.2. The van der Waals surface area contributed by atoms with Gasteiger partial charge in [0.05, 0.1) is 22.9 Å². The lowest BCUT2D eigenvalue weighted by atomic mass is 9.83. The Hall–Kier alpha value is -4.79. The van der Waals surface area contributed by atoms with Gasteiger partial charge < -0.3 is 15.2 Å². The van der Waals surface area contributed by atoms with Gasteiger partial charge in [0.1, 0.15) is 29.6 Å². The first kappa shape index (κ1) is 32.6. The Labute approximate surface area is 266 Å². The highest BCUT2D eigenvalue weighted by molar-refractivity contribution is 6.10. The maximum atomic E-state index is 16.3. The van der Waals surface area contributed by atoms with Crippen LogP contribution in [0.5, 0.6) is 11.5 Å². The molecule has 9 heteroatoms. The number of alkyl halides is 3. The van der Waals surface area contributed by atoms with Crippen molar-refractivity contribution in [2.45, 2.75) is 59.4 Å². The summed E-state index contributed by atoms with van der Waals surface area (Å²) in [5, 5.41) is 14.3. The second-order valence-electron chi connectivity index (χ2n) is 12.2. The van der Waals surface area contributed by atoms with E-state index in [4.69, 9.17) is 4.74 Å². The molecule has 1 aliphatic rings. The smallest absolute Gasteiger partial charge is 0.417 e. The summed E-state index contributed by atoms with van der Waals surface area (Å²) in [4.78, 5) is 15.6. The molecule has 2 N–H and O–H groups in total. The maximum absolute atomic E-state index is 16.3.